The highest BCUT2D eigenvalue weighted by molar-refractivity contribution is 14.0. The third-order valence-electron chi connectivity index (χ3n) is 2.82. The highest BCUT2D eigenvalue weighted by atomic mass is 127. The molecule has 0 spiro atoms. The second kappa shape index (κ2) is 12.3. The molecule has 1 aromatic rings. The van der Waals surface area contributed by atoms with Crippen molar-refractivity contribution < 1.29 is 0 Å². The topological polar surface area (TPSA) is 27.6 Å². The fourth-order valence-electron chi connectivity index (χ4n) is 1.73. The predicted molar refractivity (Wildman–Crippen MR) is 101 cm³/mol. The average molecular weight is 407 g/mol. The van der Waals surface area contributed by atoms with Gasteiger partial charge >= 0.3 is 0 Å². The summed E-state index contributed by atoms with van der Waals surface area (Å²) in [6, 6.07) is 10.5. The van der Waals surface area contributed by atoms with E-state index < -0.39 is 0 Å². The zero-order chi connectivity index (χ0) is 13.9. The van der Waals surface area contributed by atoms with E-state index in [4.69, 9.17) is 0 Å². The maximum absolute atomic E-state index is 4.31. The van der Waals surface area contributed by atoms with E-state index >= 15 is 0 Å². The van der Waals surface area contributed by atoms with Gasteiger partial charge < -0.3 is 10.2 Å². The molecule has 1 rings (SSSR count). The number of hydrogen-bond acceptors (Lipinski definition) is 2. The highest BCUT2D eigenvalue weighted by Gasteiger charge is 2.03. The van der Waals surface area contributed by atoms with Crippen LogP contribution in [0, 0.1) is 0 Å². The van der Waals surface area contributed by atoms with Gasteiger partial charge in [-0.2, -0.15) is 0 Å². The first-order chi connectivity index (χ1) is 9.27. The Morgan fingerprint density at radius 1 is 1.30 bits per heavy atom. The van der Waals surface area contributed by atoms with E-state index in [1.54, 1.807) is 0 Å². The number of aliphatic imine (C=N–C) groups is 1. The molecule has 0 aliphatic rings. The molecule has 0 unspecified atom stereocenters. The molecule has 0 radical (unpaired) electrons. The van der Waals surface area contributed by atoms with Crippen molar-refractivity contribution in [2.75, 3.05) is 32.9 Å². The zero-order valence-electron chi connectivity index (χ0n) is 12.6. The van der Waals surface area contributed by atoms with Crippen molar-refractivity contribution in [3.8, 4) is 0 Å². The van der Waals surface area contributed by atoms with Gasteiger partial charge in [0.05, 0.1) is 0 Å². The molecule has 0 fully saturated rings. The zero-order valence-corrected chi connectivity index (χ0v) is 15.8. The second-order valence-corrected chi connectivity index (χ2v) is 5.58. The van der Waals surface area contributed by atoms with E-state index in [2.05, 4.69) is 53.4 Å². The average Bonchev–Trinajstić information content (AvgIpc) is 2.46. The molecule has 1 N–H and O–H groups in total. The summed E-state index contributed by atoms with van der Waals surface area (Å²) >= 11 is 1.87. The summed E-state index contributed by atoms with van der Waals surface area (Å²) in [6.07, 6.45) is 2.42. The van der Waals surface area contributed by atoms with Gasteiger partial charge in [0.15, 0.2) is 5.96 Å². The van der Waals surface area contributed by atoms with Gasteiger partial charge in [-0.3, -0.25) is 4.99 Å². The van der Waals surface area contributed by atoms with Crippen LogP contribution in [0.25, 0.3) is 0 Å². The Morgan fingerprint density at radius 3 is 2.60 bits per heavy atom. The Morgan fingerprint density at radius 2 is 2.00 bits per heavy atom. The molecule has 20 heavy (non-hydrogen) atoms. The van der Waals surface area contributed by atoms with Crippen molar-refractivity contribution >= 4 is 41.7 Å². The van der Waals surface area contributed by atoms with E-state index in [1.807, 2.05) is 24.9 Å². The third kappa shape index (κ3) is 7.99. The van der Waals surface area contributed by atoms with E-state index in [-0.39, 0.29) is 24.0 Å². The Kier molecular flexibility index (Phi) is 12.1. The summed E-state index contributed by atoms with van der Waals surface area (Å²) in [5, 5.41) is 3.40. The van der Waals surface area contributed by atoms with Gasteiger partial charge in [-0.05, 0) is 18.6 Å². The smallest absolute Gasteiger partial charge is 0.193 e. The first kappa shape index (κ1) is 19.6. The van der Waals surface area contributed by atoms with Crippen LogP contribution in [0.4, 0.5) is 0 Å². The number of thioether (sulfide) groups is 1. The minimum absolute atomic E-state index is 0. The maximum atomic E-state index is 4.31. The lowest BCUT2D eigenvalue weighted by molar-refractivity contribution is 0.467. The SMILES string of the molecule is CCCCN(C)C(=NC)NCCSc1ccccc1.I. The Balaban J connectivity index is 0.00000361. The van der Waals surface area contributed by atoms with Gasteiger partial charge in [0, 0.05) is 37.8 Å². The molecule has 5 heteroatoms. The summed E-state index contributed by atoms with van der Waals surface area (Å²) in [5.74, 6) is 2.03. The highest BCUT2D eigenvalue weighted by Crippen LogP contribution is 2.15. The molecule has 0 aliphatic carbocycles. The minimum Gasteiger partial charge on any atom is -0.355 e. The van der Waals surface area contributed by atoms with Gasteiger partial charge in [-0.15, -0.1) is 35.7 Å². The van der Waals surface area contributed by atoms with Crippen LogP contribution in [0.15, 0.2) is 40.2 Å². The third-order valence-corrected chi connectivity index (χ3v) is 3.83. The van der Waals surface area contributed by atoms with Crippen LogP contribution in [-0.4, -0.2) is 43.8 Å². The van der Waals surface area contributed by atoms with E-state index in [9.17, 15) is 0 Å². The first-order valence-electron chi connectivity index (χ1n) is 6.87. The lowest BCUT2D eigenvalue weighted by Crippen LogP contribution is -2.40. The lowest BCUT2D eigenvalue weighted by atomic mass is 10.3. The van der Waals surface area contributed by atoms with Crippen LogP contribution in [0.5, 0.6) is 0 Å². The second-order valence-electron chi connectivity index (χ2n) is 4.41. The number of halogens is 1. The summed E-state index contributed by atoms with van der Waals surface area (Å²) in [6.45, 7) is 4.20. The number of unbranched alkanes of at least 4 members (excludes halogenated alkanes) is 1. The Bertz CT molecular complexity index is 371. The summed E-state index contributed by atoms with van der Waals surface area (Å²) < 4.78 is 0. The van der Waals surface area contributed by atoms with E-state index in [1.165, 1.54) is 17.7 Å². The molecular formula is C15H26IN3S. The summed E-state index contributed by atoms with van der Waals surface area (Å²) in [4.78, 5) is 7.82. The van der Waals surface area contributed by atoms with Crippen LogP contribution in [-0.2, 0) is 0 Å². The van der Waals surface area contributed by atoms with Gasteiger partial charge in [-0.1, -0.05) is 31.5 Å². The molecule has 114 valence electrons. The summed E-state index contributed by atoms with van der Waals surface area (Å²) in [5.41, 5.74) is 0. The molecule has 0 aromatic heterocycles. The van der Waals surface area contributed by atoms with Crippen molar-refractivity contribution in [1.29, 1.82) is 0 Å². The van der Waals surface area contributed by atoms with E-state index in [0.29, 0.717) is 0 Å². The molecular weight excluding hydrogens is 381 g/mol. The fraction of sp³-hybridized carbons (Fsp3) is 0.533. The van der Waals surface area contributed by atoms with Crippen molar-refractivity contribution in [2.45, 2.75) is 24.7 Å². The molecule has 3 nitrogen and oxygen atoms in total. The van der Waals surface area contributed by atoms with Crippen LogP contribution >= 0.6 is 35.7 Å². The normalized spacial score (nSPS) is 10.8. The van der Waals surface area contributed by atoms with Crippen molar-refractivity contribution in [3.05, 3.63) is 30.3 Å². The Hall–Kier alpha value is -0.430. The number of nitrogens with one attached hydrogen (secondary N) is 1. The number of hydrogen-bond donors (Lipinski definition) is 1. The lowest BCUT2D eigenvalue weighted by Gasteiger charge is -2.21. The molecule has 0 amide bonds. The number of benzene rings is 1. The fourth-order valence-corrected chi connectivity index (χ4v) is 2.52. The monoisotopic (exact) mass is 407 g/mol. The van der Waals surface area contributed by atoms with Crippen molar-refractivity contribution in [1.82, 2.24) is 10.2 Å². The van der Waals surface area contributed by atoms with E-state index in [0.717, 1.165) is 24.8 Å². The molecule has 0 saturated carbocycles. The number of guanidine groups is 1. The van der Waals surface area contributed by atoms with Gasteiger partial charge in [-0.25, -0.2) is 0 Å². The van der Waals surface area contributed by atoms with Gasteiger partial charge in [0.2, 0.25) is 0 Å². The molecule has 0 atom stereocenters. The van der Waals surface area contributed by atoms with Crippen LogP contribution in [0.1, 0.15) is 19.8 Å². The summed E-state index contributed by atoms with van der Waals surface area (Å²) in [7, 11) is 3.93. The molecule has 1 aromatic carbocycles. The van der Waals surface area contributed by atoms with Gasteiger partial charge in [0.25, 0.3) is 0 Å². The van der Waals surface area contributed by atoms with Gasteiger partial charge in [0.1, 0.15) is 0 Å². The molecule has 0 bridgehead atoms. The van der Waals surface area contributed by atoms with Crippen LogP contribution < -0.4 is 5.32 Å². The molecule has 0 saturated heterocycles. The molecule has 0 aliphatic heterocycles. The minimum atomic E-state index is 0. The first-order valence-corrected chi connectivity index (χ1v) is 7.86. The quantitative estimate of drug-likeness (QED) is 0.246. The van der Waals surface area contributed by atoms with Crippen molar-refractivity contribution in [3.63, 3.8) is 0 Å². The standard InChI is InChI=1S/C15H25N3S.HI/c1-4-5-12-18(3)15(16-2)17-11-13-19-14-9-7-6-8-10-14;/h6-10H,4-5,11-13H2,1-3H3,(H,16,17);1H. The van der Waals surface area contributed by atoms with Crippen LogP contribution in [0.2, 0.25) is 0 Å². The predicted octanol–water partition coefficient (Wildman–Crippen LogP) is 3.70. The maximum Gasteiger partial charge on any atom is 0.193 e. The number of rotatable bonds is 7. The van der Waals surface area contributed by atoms with Crippen LogP contribution in [0.3, 0.4) is 0 Å². The Labute approximate surface area is 144 Å². The number of nitrogens with zero attached hydrogens (tertiary/aromatic N) is 2. The largest absolute Gasteiger partial charge is 0.355 e. The molecule has 0 heterocycles. The van der Waals surface area contributed by atoms with Crippen molar-refractivity contribution in [2.24, 2.45) is 4.99 Å².